The molecule has 31 heavy (non-hydrogen) atoms. The topological polar surface area (TPSA) is 94.7 Å². The van der Waals surface area contributed by atoms with E-state index in [4.69, 9.17) is 0 Å². The molecule has 8 nitrogen and oxygen atoms in total. The van der Waals surface area contributed by atoms with E-state index in [-0.39, 0.29) is 11.3 Å². The molecule has 0 bridgehead atoms. The molecule has 3 heterocycles. The Balaban J connectivity index is 1.59. The third-order valence-electron chi connectivity index (χ3n) is 5.40. The number of amides is 1. The summed E-state index contributed by atoms with van der Waals surface area (Å²) in [6.07, 6.45) is 5.68. The number of benzene rings is 1. The van der Waals surface area contributed by atoms with Crippen LogP contribution in [0.15, 0.2) is 35.1 Å². The molecule has 9 heteroatoms. The lowest BCUT2D eigenvalue weighted by atomic mass is 10.1. The molecule has 162 valence electrons. The summed E-state index contributed by atoms with van der Waals surface area (Å²) < 4.78 is 17.9. The molecule has 0 saturated carbocycles. The highest BCUT2D eigenvalue weighted by atomic mass is 19.1. The molecule has 1 N–H and O–H groups in total. The lowest BCUT2D eigenvalue weighted by Gasteiger charge is -2.11. The van der Waals surface area contributed by atoms with Crippen LogP contribution in [0, 0.1) is 5.82 Å². The van der Waals surface area contributed by atoms with E-state index in [2.05, 4.69) is 20.6 Å². The number of fused-ring (bicyclic) bond motifs is 1. The summed E-state index contributed by atoms with van der Waals surface area (Å²) >= 11 is 0. The average molecular weight is 424 g/mol. The Labute approximate surface area is 179 Å². The first-order valence-corrected chi connectivity index (χ1v) is 10.7. The largest absolute Gasteiger partial charge is 0.321 e. The first-order valence-electron chi connectivity index (χ1n) is 10.7. The Bertz CT molecular complexity index is 1150. The van der Waals surface area contributed by atoms with Gasteiger partial charge in [-0.2, -0.15) is 5.10 Å². The van der Waals surface area contributed by atoms with Gasteiger partial charge in [-0.3, -0.25) is 9.59 Å². The van der Waals surface area contributed by atoms with E-state index in [9.17, 15) is 14.0 Å². The monoisotopic (exact) mass is 424 g/mol. The molecule has 0 radical (unpaired) electrons. The Hall–Kier alpha value is -3.36. The minimum Gasteiger partial charge on any atom is -0.321 e. The summed E-state index contributed by atoms with van der Waals surface area (Å²) in [4.78, 5) is 24.6. The van der Waals surface area contributed by atoms with Gasteiger partial charge in [0.1, 0.15) is 17.3 Å². The van der Waals surface area contributed by atoms with E-state index in [0.717, 1.165) is 50.9 Å². The number of hydrogen-bond donors (Lipinski definition) is 1. The normalized spacial score (nSPS) is 13.5. The van der Waals surface area contributed by atoms with Gasteiger partial charge < -0.3 is 9.88 Å². The number of hydrogen-bond acceptors (Lipinski definition) is 5. The van der Waals surface area contributed by atoms with Gasteiger partial charge in [0.2, 0.25) is 0 Å². The number of nitrogens with zero attached hydrogens (tertiary/aromatic N) is 5. The van der Waals surface area contributed by atoms with Crippen LogP contribution in [0.5, 0.6) is 0 Å². The highest BCUT2D eigenvalue weighted by Crippen LogP contribution is 2.27. The first-order chi connectivity index (χ1) is 15.1. The molecule has 1 aliphatic rings. The summed E-state index contributed by atoms with van der Waals surface area (Å²) in [5, 5.41) is 15.3. The van der Waals surface area contributed by atoms with Crippen LogP contribution >= 0.6 is 0 Å². The molecule has 0 aliphatic carbocycles. The number of halogens is 1. The zero-order valence-corrected chi connectivity index (χ0v) is 17.5. The Morgan fingerprint density at radius 3 is 2.87 bits per heavy atom. The first kappa shape index (κ1) is 20.9. The van der Waals surface area contributed by atoms with Crippen molar-refractivity contribution in [2.75, 3.05) is 5.32 Å². The Kier molecular flexibility index (Phi) is 6.20. The maximum Gasteiger partial charge on any atom is 0.276 e. The number of unbranched alkanes of at least 4 members (excludes halogenated alkanes) is 1. The maximum absolute atomic E-state index is 14.6. The second-order valence-corrected chi connectivity index (χ2v) is 7.68. The van der Waals surface area contributed by atoms with Gasteiger partial charge in [-0.1, -0.05) is 19.8 Å². The molecule has 0 saturated heterocycles. The van der Waals surface area contributed by atoms with Gasteiger partial charge in [-0.25, -0.2) is 9.07 Å². The molecule has 3 aromatic rings. The van der Waals surface area contributed by atoms with Crippen LogP contribution in [-0.4, -0.2) is 30.5 Å². The summed E-state index contributed by atoms with van der Waals surface area (Å²) in [5.41, 5.74) is 0.583. The molecule has 1 amide bonds. The van der Waals surface area contributed by atoms with Crippen molar-refractivity contribution in [2.24, 2.45) is 0 Å². The molecule has 1 aromatic carbocycles. The van der Waals surface area contributed by atoms with Gasteiger partial charge in [0.05, 0.1) is 5.56 Å². The Morgan fingerprint density at radius 2 is 2.03 bits per heavy atom. The molecule has 0 spiro atoms. The second kappa shape index (κ2) is 9.20. The van der Waals surface area contributed by atoms with Crippen LogP contribution in [0.1, 0.15) is 55.3 Å². The molecule has 0 unspecified atom stereocenters. The summed E-state index contributed by atoms with van der Waals surface area (Å²) in [6, 6.07) is 7.08. The second-order valence-electron chi connectivity index (χ2n) is 7.68. The van der Waals surface area contributed by atoms with Crippen molar-refractivity contribution in [1.82, 2.24) is 24.5 Å². The van der Waals surface area contributed by atoms with E-state index >= 15 is 0 Å². The van der Waals surface area contributed by atoms with Crippen molar-refractivity contribution >= 4 is 11.6 Å². The summed E-state index contributed by atoms with van der Waals surface area (Å²) in [5.74, 6) is 0.433. The minimum absolute atomic E-state index is 0.123. The SMILES string of the molecule is CCCCn1nc(C(=O)Nc2ccc(F)c(-c3nnc4n3CCCCC4)c2)ccc1=O. The van der Waals surface area contributed by atoms with Crippen LogP contribution in [0.3, 0.4) is 0 Å². The van der Waals surface area contributed by atoms with Crippen LogP contribution in [0.2, 0.25) is 0 Å². The lowest BCUT2D eigenvalue weighted by molar-refractivity contribution is 0.101. The number of aryl methyl sites for hydroxylation is 2. The van der Waals surface area contributed by atoms with E-state index < -0.39 is 11.7 Å². The molecular formula is C22H25FN6O2. The number of carbonyl (C=O) groups is 1. The summed E-state index contributed by atoms with van der Waals surface area (Å²) in [7, 11) is 0. The quantitative estimate of drug-likeness (QED) is 0.654. The average Bonchev–Trinajstić information content (AvgIpc) is 3.02. The number of nitrogens with one attached hydrogen (secondary N) is 1. The predicted molar refractivity (Wildman–Crippen MR) is 114 cm³/mol. The molecule has 4 rings (SSSR count). The lowest BCUT2D eigenvalue weighted by Crippen LogP contribution is -2.26. The van der Waals surface area contributed by atoms with Gasteiger partial charge in [0.25, 0.3) is 11.5 Å². The zero-order valence-electron chi connectivity index (χ0n) is 17.5. The summed E-state index contributed by atoms with van der Waals surface area (Å²) in [6.45, 7) is 3.22. The van der Waals surface area contributed by atoms with Gasteiger partial charge >= 0.3 is 0 Å². The predicted octanol–water partition coefficient (Wildman–Crippen LogP) is 3.42. The van der Waals surface area contributed by atoms with Gasteiger partial charge in [0, 0.05) is 31.3 Å². The van der Waals surface area contributed by atoms with Crippen molar-refractivity contribution in [3.05, 3.63) is 58.0 Å². The van der Waals surface area contributed by atoms with Crippen molar-refractivity contribution < 1.29 is 9.18 Å². The molecular weight excluding hydrogens is 399 g/mol. The fourth-order valence-electron chi connectivity index (χ4n) is 3.69. The third-order valence-corrected chi connectivity index (χ3v) is 5.40. The van der Waals surface area contributed by atoms with Crippen molar-refractivity contribution in [3.63, 3.8) is 0 Å². The number of anilines is 1. The third kappa shape index (κ3) is 4.55. The van der Waals surface area contributed by atoms with Gasteiger partial charge in [-0.15, -0.1) is 10.2 Å². The number of carbonyl (C=O) groups excluding carboxylic acids is 1. The molecule has 2 aromatic heterocycles. The van der Waals surface area contributed by atoms with Crippen LogP contribution in [0.25, 0.3) is 11.4 Å². The van der Waals surface area contributed by atoms with E-state index in [1.165, 1.54) is 28.9 Å². The highest BCUT2D eigenvalue weighted by Gasteiger charge is 2.19. The van der Waals surface area contributed by atoms with Crippen molar-refractivity contribution in [1.29, 1.82) is 0 Å². The van der Waals surface area contributed by atoms with Crippen molar-refractivity contribution in [3.8, 4) is 11.4 Å². The Morgan fingerprint density at radius 1 is 1.16 bits per heavy atom. The standard InChI is InChI=1S/C22H25FN6O2/c1-2-3-13-29-20(30)11-10-18(27-29)22(31)24-15-8-9-17(23)16(14-15)21-26-25-19-7-5-4-6-12-28(19)21/h8-11,14H,2-7,12-13H2,1H3,(H,24,31). The van der Waals surface area contributed by atoms with Crippen LogP contribution < -0.4 is 10.9 Å². The maximum atomic E-state index is 14.6. The highest BCUT2D eigenvalue weighted by molar-refractivity contribution is 6.03. The fourth-order valence-corrected chi connectivity index (χ4v) is 3.69. The smallest absolute Gasteiger partial charge is 0.276 e. The van der Waals surface area contributed by atoms with E-state index in [1.807, 2.05) is 11.5 Å². The molecule has 1 aliphatic heterocycles. The van der Waals surface area contributed by atoms with E-state index in [1.54, 1.807) is 6.07 Å². The van der Waals surface area contributed by atoms with Gasteiger partial charge in [-0.05, 0) is 43.5 Å². The minimum atomic E-state index is -0.470. The molecule has 0 atom stereocenters. The van der Waals surface area contributed by atoms with Crippen LogP contribution in [0.4, 0.5) is 10.1 Å². The van der Waals surface area contributed by atoms with E-state index in [0.29, 0.717) is 23.6 Å². The van der Waals surface area contributed by atoms with Crippen LogP contribution in [-0.2, 0) is 19.5 Å². The molecule has 0 fully saturated rings. The van der Waals surface area contributed by atoms with Crippen molar-refractivity contribution in [2.45, 2.75) is 58.5 Å². The zero-order chi connectivity index (χ0) is 21.8. The van der Waals surface area contributed by atoms with Gasteiger partial charge in [0.15, 0.2) is 5.82 Å². The number of rotatable bonds is 6. The fraction of sp³-hybridized carbons (Fsp3) is 0.409. The number of aromatic nitrogens is 5.